The molecular weight excluding hydrogens is 366 g/mol. The van der Waals surface area contributed by atoms with Crippen LogP contribution in [0.3, 0.4) is 0 Å². The number of rotatable bonds is 7. The summed E-state index contributed by atoms with van der Waals surface area (Å²) in [6.45, 7) is 5.92. The van der Waals surface area contributed by atoms with E-state index in [0.717, 1.165) is 36.6 Å². The average Bonchev–Trinajstić information content (AvgIpc) is 2.74. The molecule has 1 fully saturated rings. The van der Waals surface area contributed by atoms with E-state index in [2.05, 4.69) is 25.6 Å². The van der Waals surface area contributed by atoms with Crippen molar-refractivity contribution in [1.29, 1.82) is 0 Å². The van der Waals surface area contributed by atoms with Crippen LogP contribution in [-0.2, 0) is 13.2 Å². The molecule has 0 unspecified atom stereocenters. The zero-order chi connectivity index (χ0) is 20.1. The van der Waals surface area contributed by atoms with Crippen LogP contribution in [0.1, 0.15) is 29.9 Å². The molecule has 4 rings (SSSR count). The number of aryl methyl sites for hydroxylation is 1. The highest BCUT2D eigenvalue weighted by atomic mass is 16.5. The molecule has 29 heavy (non-hydrogen) atoms. The zero-order valence-electron chi connectivity index (χ0n) is 16.7. The molecule has 0 atom stereocenters. The predicted octanol–water partition coefficient (Wildman–Crippen LogP) is 2.29. The molecule has 7 heteroatoms. The molecule has 0 saturated carbocycles. The summed E-state index contributed by atoms with van der Waals surface area (Å²) in [6.07, 6.45) is 4.05. The Bertz CT molecular complexity index is 1030. The SMILES string of the molecule is Cc1cccc(OCc2nc3c(CNCC4CCNCC4)nccc3c(=O)[nH]2)c1. The maximum Gasteiger partial charge on any atom is 0.258 e. The summed E-state index contributed by atoms with van der Waals surface area (Å²) in [5.41, 5.74) is 2.38. The minimum Gasteiger partial charge on any atom is -0.486 e. The normalized spacial score (nSPS) is 14.9. The van der Waals surface area contributed by atoms with Crippen molar-refractivity contribution in [3.63, 3.8) is 0 Å². The summed E-state index contributed by atoms with van der Waals surface area (Å²) in [7, 11) is 0. The highest BCUT2D eigenvalue weighted by Crippen LogP contribution is 2.15. The summed E-state index contributed by atoms with van der Waals surface area (Å²) >= 11 is 0. The second-order valence-electron chi connectivity index (χ2n) is 7.60. The number of aromatic amines is 1. The fourth-order valence-corrected chi connectivity index (χ4v) is 3.70. The average molecular weight is 393 g/mol. The van der Waals surface area contributed by atoms with E-state index in [1.807, 2.05) is 31.2 Å². The van der Waals surface area contributed by atoms with Crippen LogP contribution in [0.2, 0.25) is 0 Å². The Morgan fingerprint density at radius 1 is 1.24 bits per heavy atom. The molecule has 3 N–H and O–H groups in total. The third kappa shape index (κ3) is 4.99. The molecule has 3 aromatic rings. The highest BCUT2D eigenvalue weighted by molar-refractivity contribution is 5.79. The maximum absolute atomic E-state index is 12.5. The van der Waals surface area contributed by atoms with Crippen molar-refractivity contribution in [2.24, 2.45) is 5.92 Å². The van der Waals surface area contributed by atoms with Gasteiger partial charge in [0.2, 0.25) is 0 Å². The van der Waals surface area contributed by atoms with E-state index in [1.54, 1.807) is 12.3 Å². The van der Waals surface area contributed by atoms with Gasteiger partial charge in [-0.1, -0.05) is 12.1 Å². The van der Waals surface area contributed by atoms with Crippen molar-refractivity contribution in [3.05, 3.63) is 64.0 Å². The maximum atomic E-state index is 12.5. The van der Waals surface area contributed by atoms with Crippen molar-refractivity contribution >= 4 is 10.9 Å². The van der Waals surface area contributed by atoms with Gasteiger partial charge >= 0.3 is 0 Å². The first-order valence-electron chi connectivity index (χ1n) is 10.2. The highest BCUT2D eigenvalue weighted by Gasteiger charge is 2.14. The topological polar surface area (TPSA) is 91.9 Å². The van der Waals surface area contributed by atoms with Crippen LogP contribution in [-0.4, -0.2) is 34.6 Å². The number of nitrogens with zero attached hydrogens (tertiary/aromatic N) is 2. The van der Waals surface area contributed by atoms with Gasteiger partial charge in [-0.3, -0.25) is 9.78 Å². The number of ether oxygens (including phenoxy) is 1. The van der Waals surface area contributed by atoms with Crippen molar-refractivity contribution in [2.75, 3.05) is 19.6 Å². The van der Waals surface area contributed by atoms with Gasteiger partial charge in [0, 0.05) is 12.7 Å². The molecular formula is C22H27N5O2. The summed E-state index contributed by atoms with van der Waals surface area (Å²) in [5, 5.41) is 7.43. The molecule has 2 aromatic heterocycles. The van der Waals surface area contributed by atoms with Crippen LogP contribution in [0.25, 0.3) is 10.9 Å². The molecule has 1 aliphatic heterocycles. The van der Waals surface area contributed by atoms with Crippen LogP contribution in [0.5, 0.6) is 5.75 Å². The number of fused-ring (bicyclic) bond motifs is 1. The van der Waals surface area contributed by atoms with Gasteiger partial charge in [-0.25, -0.2) is 4.98 Å². The standard InChI is InChI=1S/C22H27N5O2/c1-15-3-2-4-17(11-15)29-14-20-26-21-18(22(28)27-20)7-10-25-19(21)13-24-12-16-5-8-23-9-6-16/h2-4,7,10-11,16,23-24H,5-6,8-9,12-14H2,1H3,(H,26,27,28). The number of hydrogen-bond acceptors (Lipinski definition) is 6. The molecule has 0 amide bonds. The molecule has 1 aliphatic rings. The van der Waals surface area contributed by atoms with Crippen molar-refractivity contribution in [2.45, 2.75) is 32.9 Å². The molecule has 0 bridgehead atoms. The van der Waals surface area contributed by atoms with E-state index in [0.29, 0.717) is 29.2 Å². The van der Waals surface area contributed by atoms with Gasteiger partial charge in [0.05, 0.1) is 11.1 Å². The van der Waals surface area contributed by atoms with Gasteiger partial charge in [0.1, 0.15) is 23.7 Å². The summed E-state index contributed by atoms with van der Waals surface area (Å²) in [5.74, 6) is 1.93. The molecule has 152 valence electrons. The smallest absolute Gasteiger partial charge is 0.258 e. The zero-order valence-corrected chi connectivity index (χ0v) is 16.7. The van der Waals surface area contributed by atoms with Gasteiger partial charge in [0.15, 0.2) is 0 Å². The number of nitrogens with one attached hydrogen (secondary N) is 3. The van der Waals surface area contributed by atoms with Crippen LogP contribution in [0.4, 0.5) is 0 Å². The van der Waals surface area contributed by atoms with E-state index >= 15 is 0 Å². The van der Waals surface area contributed by atoms with Crippen molar-refractivity contribution in [1.82, 2.24) is 25.6 Å². The first-order valence-corrected chi connectivity index (χ1v) is 10.2. The van der Waals surface area contributed by atoms with Gasteiger partial charge in [-0.05, 0) is 69.1 Å². The van der Waals surface area contributed by atoms with Gasteiger partial charge in [0.25, 0.3) is 5.56 Å². The molecule has 7 nitrogen and oxygen atoms in total. The second kappa shape index (κ2) is 9.15. The first kappa shape index (κ1) is 19.5. The van der Waals surface area contributed by atoms with Gasteiger partial charge in [-0.15, -0.1) is 0 Å². The van der Waals surface area contributed by atoms with Crippen LogP contribution in [0.15, 0.2) is 41.3 Å². The second-order valence-corrected chi connectivity index (χ2v) is 7.60. The Morgan fingerprint density at radius 3 is 2.93 bits per heavy atom. The first-order chi connectivity index (χ1) is 14.2. The van der Waals surface area contributed by atoms with Crippen molar-refractivity contribution < 1.29 is 4.74 Å². The van der Waals surface area contributed by atoms with Gasteiger partial charge < -0.3 is 20.4 Å². The van der Waals surface area contributed by atoms with E-state index in [1.165, 1.54) is 12.8 Å². The van der Waals surface area contributed by atoms with Crippen LogP contribution >= 0.6 is 0 Å². The lowest BCUT2D eigenvalue weighted by molar-refractivity contribution is 0.296. The van der Waals surface area contributed by atoms with E-state index in [-0.39, 0.29) is 12.2 Å². The quantitative estimate of drug-likeness (QED) is 0.570. The Labute approximate surface area is 169 Å². The summed E-state index contributed by atoms with van der Waals surface area (Å²) in [6, 6.07) is 9.51. The molecule has 0 spiro atoms. The van der Waals surface area contributed by atoms with Crippen LogP contribution in [0, 0.1) is 12.8 Å². The molecule has 0 aliphatic carbocycles. The Kier molecular flexibility index (Phi) is 6.17. The largest absolute Gasteiger partial charge is 0.486 e. The number of benzene rings is 1. The number of hydrogen-bond donors (Lipinski definition) is 3. The fraction of sp³-hybridized carbons (Fsp3) is 0.409. The number of aromatic nitrogens is 3. The lowest BCUT2D eigenvalue weighted by Crippen LogP contribution is -2.33. The van der Waals surface area contributed by atoms with Crippen LogP contribution < -0.4 is 20.9 Å². The Balaban J connectivity index is 1.48. The van der Waals surface area contributed by atoms with E-state index < -0.39 is 0 Å². The lowest BCUT2D eigenvalue weighted by atomic mass is 9.98. The Hall–Kier alpha value is -2.77. The Morgan fingerprint density at radius 2 is 2.10 bits per heavy atom. The van der Waals surface area contributed by atoms with Gasteiger partial charge in [-0.2, -0.15) is 0 Å². The summed E-state index contributed by atoms with van der Waals surface area (Å²) < 4.78 is 5.80. The van der Waals surface area contributed by atoms with E-state index in [4.69, 9.17) is 4.74 Å². The summed E-state index contributed by atoms with van der Waals surface area (Å²) in [4.78, 5) is 24.5. The van der Waals surface area contributed by atoms with E-state index in [9.17, 15) is 4.79 Å². The molecule has 0 radical (unpaired) electrons. The van der Waals surface area contributed by atoms with Crippen molar-refractivity contribution in [3.8, 4) is 5.75 Å². The minimum atomic E-state index is -0.167. The fourth-order valence-electron chi connectivity index (χ4n) is 3.70. The minimum absolute atomic E-state index is 0.167. The molecule has 1 saturated heterocycles. The third-order valence-electron chi connectivity index (χ3n) is 5.30. The monoisotopic (exact) mass is 393 g/mol. The molecule has 1 aromatic carbocycles. The third-order valence-corrected chi connectivity index (χ3v) is 5.30. The predicted molar refractivity (Wildman–Crippen MR) is 113 cm³/mol. The molecule has 3 heterocycles. The lowest BCUT2D eigenvalue weighted by Gasteiger charge is -2.22. The number of pyridine rings is 1. The number of piperidine rings is 1. The number of H-pyrrole nitrogens is 1.